The number of aromatic nitrogens is 2. The summed E-state index contributed by atoms with van der Waals surface area (Å²) in [6, 6.07) is 6.02. The molecule has 4 heteroatoms. The van der Waals surface area contributed by atoms with Crippen LogP contribution in [0.25, 0.3) is 10.7 Å². The number of likely N-dealkylation sites (N-methyl/N-ethyl adjacent to an activating group) is 1. The van der Waals surface area contributed by atoms with Crippen molar-refractivity contribution >= 4 is 11.3 Å². The summed E-state index contributed by atoms with van der Waals surface area (Å²) < 4.78 is 0. The summed E-state index contributed by atoms with van der Waals surface area (Å²) in [5, 5.41) is 4.53. The van der Waals surface area contributed by atoms with Gasteiger partial charge >= 0.3 is 0 Å². The van der Waals surface area contributed by atoms with Gasteiger partial charge in [0, 0.05) is 23.5 Å². The summed E-state index contributed by atoms with van der Waals surface area (Å²) in [4.78, 5) is 10.8. The van der Waals surface area contributed by atoms with Gasteiger partial charge in [-0.1, -0.05) is 13.0 Å². The Balaban J connectivity index is 1.89. The predicted octanol–water partition coefficient (Wildman–Crippen LogP) is 3.23. The molecule has 3 rings (SSSR count). The highest BCUT2D eigenvalue weighted by atomic mass is 32.1. The fourth-order valence-electron chi connectivity index (χ4n) is 2.62. The van der Waals surface area contributed by atoms with Crippen molar-refractivity contribution in [3.63, 3.8) is 0 Å². The Bertz CT molecular complexity index is 536. The average molecular weight is 273 g/mol. The standard InChI is InChI=1S/C15H19N3S/c1-2-16-10-11-6-5-8-13-14(11)18-15(19-13)12-7-3-4-9-17-12/h3-4,7,9,11,16H,2,5-6,8,10H2,1H3. The van der Waals surface area contributed by atoms with E-state index in [1.807, 2.05) is 35.7 Å². The molecule has 1 aliphatic carbocycles. The molecule has 100 valence electrons. The molecule has 0 radical (unpaired) electrons. The summed E-state index contributed by atoms with van der Waals surface area (Å²) in [6.07, 6.45) is 5.56. The number of nitrogens with one attached hydrogen (secondary N) is 1. The van der Waals surface area contributed by atoms with Crippen molar-refractivity contribution in [3.8, 4) is 10.7 Å². The van der Waals surface area contributed by atoms with Crippen LogP contribution in [0.2, 0.25) is 0 Å². The molecule has 0 aliphatic heterocycles. The van der Waals surface area contributed by atoms with E-state index >= 15 is 0 Å². The molecule has 19 heavy (non-hydrogen) atoms. The molecule has 1 N–H and O–H groups in total. The van der Waals surface area contributed by atoms with Crippen molar-refractivity contribution in [2.75, 3.05) is 13.1 Å². The van der Waals surface area contributed by atoms with Gasteiger partial charge in [0.05, 0.1) is 11.4 Å². The third-order valence-electron chi connectivity index (χ3n) is 3.60. The minimum Gasteiger partial charge on any atom is -0.316 e. The van der Waals surface area contributed by atoms with Crippen molar-refractivity contribution < 1.29 is 0 Å². The minimum absolute atomic E-state index is 0.581. The van der Waals surface area contributed by atoms with Gasteiger partial charge in [0.15, 0.2) is 0 Å². The minimum atomic E-state index is 0.581. The van der Waals surface area contributed by atoms with Gasteiger partial charge < -0.3 is 5.32 Å². The largest absolute Gasteiger partial charge is 0.316 e. The topological polar surface area (TPSA) is 37.8 Å². The molecule has 0 bridgehead atoms. The van der Waals surface area contributed by atoms with Gasteiger partial charge in [0.25, 0.3) is 0 Å². The fraction of sp³-hybridized carbons (Fsp3) is 0.467. The van der Waals surface area contributed by atoms with Crippen molar-refractivity contribution in [1.82, 2.24) is 15.3 Å². The number of thiazole rings is 1. The number of rotatable bonds is 4. The van der Waals surface area contributed by atoms with Gasteiger partial charge in [-0.25, -0.2) is 4.98 Å². The maximum absolute atomic E-state index is 4.87. The first-order valence-corrected chi connectivity index (χ1v) is 7.82. The fourth-order valence-corrected chi connectivity index (χ4v) is 3.79. The molecule has 1 unspecified atom stereocenters. The van der Waals surface area contributed by atoms with Gasteiger partial charge in [-0.3, -0.25) is 4.98 Å². The maximum Gasteiger partial charge on any atom is 0.142 e. The molecule has 0 amide bonds. The van der Waals surface area contributed by atoms with Crippen LogP contribution in [0.5, 0.6) is 0 Å². The molecular weight excluding hydrogens is 254 g/mol. The Kier molecular flexibility index (Phi) is 3.89. The lowest BCUT2D eigenvalue weighted by atomic mass is 9.91. The van der Waals surface area contributed by atoms with E-state index in [-0.39, 0.29) is 0 Å². The molecule has 1 aliphatic rings. The summed E-state index contributed by atoms with van der Waals surface area (Å²) in [5.74, 6) is 0.581. The molecule has 2 aromatic rings. The van der Waals surface area contributed by atoms with Crippen molar-refractivity contribution in [2.24, 2.45) is 0 Å². The SMILES string of the molecule is CCNCC1CCCc2sc(-c3ccccn3)nc21. The summed E-state index contributed by atoms with van der Waals surface area (Å²) in [6.45, 7) is 4.24. The zero-order chi connectivity index (χ0) is 13.1. The molecular formula is C15H19N3S. The van der Waals surface area contributed by atoms with Gasteiger partial charge in [-0.15, -0.1) is 11.3 Å². The van der Waals surface area contributed by atoms with Crippen LogP contribution in [0.15, 0.2) is 24.4 Å². The Labute approximate surface area is 118 Å². The van der Waals surface area contributed by atoms with E-state index in [9.17, 15) is 0 Å². The Morgan fingerprint density at radius 2 is 2.37 bits per heavy atom. The van der Waals surface area contributed by atoms with Gasteiger partial charge in [0.1, 0.15) is 5.01 Å². The molecule has 0 saturated heterocycles. The molecule has 1 atom stereocenters. The van der Waals surface area contributed by atoms with Crippen LogP contribution in [0, 0.1) is 0 Å². The van der Waals surface area contributed by atoms with Crippen LogP contribution >= 0.6 is 11.3 Å². The van der Waals surface area contributed by atoms with Crippen LogP contribution < -0.4 is 5.32 Å². The van der Waals surface area contributed by atoms with Gasteiger partial charge in [-0.05, 0) is 37.9 Å². The molecule has 0 fully saturated rings. The number of fused-ring (bicyclic) bond motifs is 1. The highest BCUT2D eigenvalue weighted by Crippen LogP contribution is 2.37. The quantitative estimate of drug-likeness (QED) is 0.929. The van der Waals surface area contributed by atoms with E-state index in [1.54, 1.807) is 0 Å². The highest BCUT2D eigenvalue weighted by molar-refractivity contribution is 7.15. The third kappa shape index (κ3) is 2.69. The summed E-state index contributed by atoms with van der Waals surface area (Å²) in [7, 11) is 0. The van der Waals surface area contributed by atoms with Gasteiger partial charge in [-0.2, -0.15) is 0 Å². The monoisotopic (exact) mass is 273 g/mol. The zero-order valence-electron chi connectivity index (χ0n) is 11.2. The molecule has 2 heterocycles. The third-order valence-corrected chi connectivity index (χ3v) is 4.75. The number of hydrogen-bond acceptors (Lipinski definition) is 4. The van der Waals surface area contributed by atoms with E-state index in [2.05, 4.69) is 17.2 Å². The van der Waals surface area contributed by atoms with E-state index in [1.165, 1.54) is 29.8 Å². The zero-order valence-corrected chi connectivity index (χ0v) is 12.0. The van der Waals surface area contributed by atoms with Crippen molar-refractivity contribution in [1.29, 1.82) is 0 Å². The maximum atomic E-state index is 4.87. The molecule has 3 nitrogen and oxygen atoms in total. The van der Waals surface area contributed by atoms with E-state index in [0.29, 0.717) is 5.92 Å². The van der Waals surface area contributed by atoms with Crippen LogP contribution in [0.4, 0.5) is 0 Å². The summed E-state index contributed by atoms with van der Waals surface area (Å²) in [5.41, 5.74) is 2.32. The second kappa shape index (κ2) is 5.80. The van der Waals surface area contributed by atoms with Crippen LogP contribution in [0.3, 0.4) is 0 Å². The highest BCUT2D eigenvalue weighted by Gasteiger charge is 2.24. The molecule has 0 saturated carbocycles. The first kappa shape index (κ1) is 12.8. The van der Waals surface area contributed by atoms with Crippen LogP contribution in [-0.2, 0) is 6.42 Å². The van der Waals surface area contributed by atoms with Crippen LogP contribution in [0.1, 0.15) is 36.3 Å². The second-order valence-electron chi connectivity index (χ2n) is 4.94. The lowest BCUT2D eigenvalue weighted by Crippen LogP contribution is -2.23. The van der Waals surface area contributed by atoms with Crippen molar-refractivity contribution in [3.05, 3.63) is 35.0 Å². The number of nitrogens with zero attached hydrogens (tertiary/aromatic N) is 2. The Hall–Kier alpha value is -1.26. The lowest BCUT2D eigenvalue weighted by Gasteiger charge is -2.21. The first-order chi connectivity index (χ1) is 9.38. The molecule has 0 spiro atoms. The Morgan fingerprint density at radius 3 is 3.16 bits per heavy atom. The van der Waals surface area contributed by atoms with E-state index < -0.39 is 0 Å². The number of pyridine rings is 1. The number of hydrogen-bond donors (Lipinski definition) is 1. The average Bonchev–Trinajstić information content (AvgIpc) is 2.90. The van der Waals surface area contributed by atoms with Crippen molar-refractivity contribution in [2.45, 2.75) is 32.1 Å². The second-order valence-corrected chi connectivity index (χ2v) is 6.02. The summed E-state index contributed by atoms with van der Waals surface area (Å²) >= 11 is 1.82. The van der Waals surface area contributed by atoms with E-state index in [4.69, 9.17) is 4.98 Å². The van der Waals surface area contributed by atoms with Gasteiger partial charge in [0.2, 0.25) is 0 Å². The van der Waals surface area contributed by atoms with E-state index in [0.717, 1.165) is 23.8 Å². The molecule has 0 aromatic carbocycles. The Morgan fingerprint density at radius 1 is 1.42 bits per heavy atom. The first-order valence-electron chi connectivity index (χ1n) is 7.00. The predicted molar refractivity (Wildman–Crippen MR) is 79.6 cm³/mol. The number of aryl methyl sites for hydroxylation is 1. The van der Waals surface area contributed by atoms with Crippen LogP contribution in [-0.4, -0.2) is 23.1 Å². The normalized spacial score (nSPS) is 18.3. The lowest BCUT2D eigenvalue weighted by molar-refractivity contribution is 0.509. The molecule has 2 aromatic heterocycles. The smallest absolute Gasteiger partial charge is 0.142 e.